The van der Waals surface area contributed by atoms with Crippen LogP contribution in [0.4, 0.5) is 5.95 Å². The van der Waals surface area contributed by atoms with Gasteiger partial charge in [0.1, 0.15) is 0 Å². The first-order chi connectivity index (χ1) is 3.93. The van der Waals surface area contributed by atoms with Gasteiger partial charge in [-0.15, -0.1) is 0 Å². The molecule has 0 aliphatic heterocycles. The standard InChI is InChI=1S/C3H5N5.H4Si/c1-2-4-3-5-7-8-6-3;/h2H,1H2,(H2,4,5,6,7,8);1H4. The average molecular weight is 143 g/mol. The van der Waals surface area contributed by atoms with Crippen molar-refractivity contribution in [3.63, 3.8) is 0 Å². The highest BCUT2D eigenvalue weighted by molar-refractivity contribution is 5.75. The largest absolute Gasteiger partial charge is 0.330 e. The Bertz CT molecular complexity index is 159. The molecule has 1 aromatic heterocycles. The molecular formula is C3H9N5Si. The zero-order valence-corrected chi connectivity index (χ0v) is 4.13. The van der Waals surface area contributed by atoms with Crippen LogP contribution in [-0.2, 0) is 0 Å². The second kappa shape index (κ2) is 3.78. The van der Waals surface area contributed by atoms with Crippen molar-refractivity contribution in [3.8, 4) is 0 Å². The molecule has 0 fully saturated rings. The minimum absolute atomic E-state index is 0. The smallest absolute Gasteiger partial charge is 0.244 e. The fourth-order valence-corrected chi connectivity index (χ4v) is 0.317. The van der Waals surface area contributed by atoms with E-state index in [1.807, 2.05) is 0 Å². The van der Waals surface area contributed by atoms with Gasteiger partial charge >= 0.3 is 0 Å². The molecule has 1 aromatic rings. The highest BCUT2D eigenvalue weighted by Crippen LogP contribution is 1.86. The van der Waals surface area contributed by atoms with E-state index in [-0.39, 0.29) is 11.0 Å². The van der Waals surface area contributed by atoms with Gasteiger partial charge in [-0.1, -0.05) is 11.7 Å². The summed E-state index contributed by atoms with van der Waals surface area (Å²) >= 11 is 0. The van der Waals surface area contributed by atoms with Crippen LogP contribution in [0.1, 0.15) is 0 Å². The van der Waals surface area contributed by atoms with Crippen LogP contribution in [0.5, 0.6) is 0 Å². The van der Waals surface area contributed by atoms with Crippen molar-refractivity contribution >= 4 is 16.9 Å². The molecule has 0 aromatic carbocycles. The van der Waals surface area contributed by atoms with E-state index in [2.05, 4.69) is 32.5 Å². The Morgan fingerprint density at radius 2 is 2.44 bits per heavy atom. The first-order valence-corrected chi connectivity index (χ1v) is 2.04. The first kappa shape index (κ1) is 7.83. The van der Waals surface area contributed by atoms with Gasteiger partial charge < -0.3 is 5.32 Å². The second-order valence-corrected chi connectivity index (χ2v) is 1.10. The lowest BCUT2D eigenvalue weighted by molar-refractivity contribution is 0.881. The molecule has 0 aliphatic carbocycles. The summed E-state index contributed by atoms with van der Waals surface area (Å²) in [6.07, 6.45) is 1.49. The number of nitrogens with one attached hydrogen (secondary N) is 2. The summed E-state index contributed by atoms with van der Waals surface area (Å²) in [6, 6.07) is 0. The maximum Gasteiger partial charge on any atom is 0.244 e. The van der Waals surface area contributed by atoms with Crippen molar-refractivity contribution in [2.45, 2.75) is 0 Å². The van der Waals surface area contributed by atoms with Crippen LogP contribution in [0.25, 0.3) is 0 Å². The van der Waals surface area contributed by atoms with E-state index >= 15 is 0 Å². The number of nitrogens with zero attached hydrogens (tertiary/aromatic N) is 3. The molecule has 0 bridgehead atoms. The molecular weight excluding hydrogens is 134 g/mol. The third-order valence-corrected chi connectivity index (χ3v) is 0.584. The average Bonchev–Trinajstić information content (AvgIpc) is 2.19. The Kier molecular flexibility index (Phi) is 3.29. The van der Waals surface area contributed by atoms with Gasteiger partial charge in [0.2, 0.25) is 5.95 Å². The summed E-state index contributed by atoms with van der Waals surface area (Å²) in [5.74, 6) is 0.500. The number of anilines is 1. The molecule has 9 heavy (non-hydrogen) atoms. The highest BCUT2D eigenvalue weighted by atomic mass is 28.1. The topological polar surface area (TPSA) is 66.5 Å². The van der Waals surface area contributed by atoms with Gasteiger partial charge in [0.05, 0.1) is 0 Å². The normalized spacial score (nSPS) is 7.56. The van der Waals surface area contributed by atoms with Gasteiger partial charge in [0, 0.05) is 0 Å². The zero-order chi connectivity index (χ0) is 5.82. The molecule has 0 aliphatic rings. The van der Waals surface area contributed by atoms with Crippen molar-refractivity contribution in [1.29, 1.82) is 0 Å². The van der Waals surface area contributed by atoms with Gasteiger partial charge in [0.15, 0.2) is 0 Å². The van der Waals surface area contributed by atoms with Crippen molar-refractivity contribution in [1.82, 2.24) is 20.6 Å². The predicted molar refractivity (Wildman–Crippen MR) is 39.3 cm³/mol. The SMILES string of the molecule is C=CNc1nnn[nH]1.[SiH4]. The molecule has 0 radical (unpaired) electrons. The lowest BCUT2D eigenvalue weighted by Crippen LogP contribution is -1.87. The van der Waals surface area contributed by atoms with Crippen LogP contribution in [0.15, 0.2) is 12.8 Å². The van der Waals surface area contributed by atoms with E-state index in [9.17, 15) is 0 Å². The van der Waals surface area contributed by atoms with E-state index in [4.69, 9.17) is 0 Å². The van der Waals surface area contributed by atoms with Crippen molar-refractivity contribution < 1.29 is 0 Å². The van der Waals surface area contributed by atoms with E-state index < -0.39 is 0 Å². The van der Waals surface area contributed by atoms with Gasteiger partial charge in [0.25, 0.3) is 0 Å². The summed E-state index contributed by atoms with van der Waals surface area (Å²) < 4.78 is 0. The maximum atomic E-state index is 3.51. The molecule has 1 rings (SSSR count). The molecule has 5 nitrogen and oxygen atoms in total. The van der Waals surface area contributed by atoms with Crippen LogP contribution in [0.3, 0.4) is 0 Å². The summed E-state index contributed by atoms with van der Waals surface area (Å²) in [5, 5.41) is 15.3. The van der Waals surface area contributed by atoms with Crippen LogP contribution >= 0.6 is 0 Å². The summed E-state index contributed by atoms with van der Waals surface area (Å²) in [7, 11) is 0. The van der Waals surface area contributed by atoms with Crippen LogP contribution in [-0.4, -0.2) is 31.6 Å². The molecule has 50 valence electrons. The number of hydrogen-bond acceptors (Lipinski definition) is 4. The first-order valence-electron chi connectivity index (χ1n) is 2.04. The molecule has 0 unspecified atom stereocenters. The molecule has 0 amide bonds. The molecule has 6 heteroatoms. The third-order valence-electron chi connectivity index (χ3n) is 0.584. The fraction of sp³-hybridized carbons (Fsp3) is 0. The zero-order valence-electron chi connectivity index (χ0n) is 4.13. The number of hydrogen-bond donors (Lipinski definition) is 2. The van der Waals surface area contributed by atoms with Crippen molar-refractivity contribution in [2.24, 2.45) is 0 Å². The number of aromatic nitrogens is 4. The number of rotatable bonds is 2. The Morgan fingerprint density at radius 3 is 2.89 bits per heavy atom. The van der Waals surface area contributed by atoms with Gasteiger partial charge in [-0.05, 0) is 27.6 Å². The van der Waals surface area contributed by atoms with Gasteiger partial charge in [-0.25, -0.2) is 5.10 Å². The van der Waals surface area contributed by atoms with E-state index in [0.717, 1.165) is 0 Å². The second-order valence-electron chi connectivity index (χ2n) is 1.10. The lowest BCUT2D eigenvalue weighted by Gasteiger charge is -1.84. The minimum Gasteiger partial charge on any atom is -0.330 e. The Balaban J connectivity index is 0.000000640. The third kappa shape index (κ3) is 2.04. The number of H-pyrrole nitrogens is 1. The van der Waals surface area contributed by atoms with Crippen molar-refractivity contribution in [3.05, 3.63) is 12.8 Å². The number of tetrazole rings is 1. The summed E-state index contributed by atoms with van der Waals surface area (Å²) in [4.78, 5) is 0. The number of aromatic amines is 1. The molecule has 0 saturated heterocycles. The Labute approximate surface area is 56.6 Å². The Hall–Kier alpha value is -1.17. The predicted octanol–water partition coefficient (Wildman–Crippen LogP) is -1.70. The van der Waals surface area contributed by atoms with Crippen LogP contribution in [0.2, 0.25) is 0 Å². The summed E-state index contributed by atoms with van der Waals surface area (Å²) in [6.45, 7) is 3.41. The van der Waals surface area contributed by atoms with Gasteiger partial charge in [-0.2, -0.15) is 0 Å². The van der Waals surface area contributed by atoms with Crippen molar-refractivity contribution in [2.75, 3.05) is 5.32 Å². The minimum atomic E-state index is 0. The highest BCUT2D eigenvalue weighted by Gasteiger charge is 1.85. The van der Waals surface area contributed by atoms with Gasteiger partial charge in [-0.3, -0.25) is 0 Å². The van der Waals surface area contributed by atoms with Crippen LogP contribution < -0.4 is 5.32 Å². The molecule has 2 N–H and O–H groups in total. The fourth-order valence-electron chi connectivity index (χ4n) is 0.317. The molecule has 1 heterocycles. The lowest BCUT2D eigenvalue weighted by atomic mass is 10.9. The molecule has 0 saturated carbocycles. The summed E-state index contributed by atoms with van der Waals surface area (Å²) in [5.41, 5.74) is 0. The quantitative estimate of drug-likeness (QED) is 0.484. The monoisotopic (exact) mass is 143 g/mol. The van der Waals surface area contributed by atoms with E-state index in [0.29, 0.717) is 5.95 Å². The van der Waals surface area contributed by atoms with E-state index in [1.165, 1.54) is 6.20 Å². The van der Waals surface area contributed by atoms with Crippen LogP contribution in [0, 0.1) is 0 Å². The van der Waals surface area contributed by atoms with E-state index in [1.54, 1.807) is 0 Å². The molecule has 0 atom stereocenters. The maximum absolute atomic E-state index is 3.51. The Morgan fingerprint density at radius 1 is 1.67 bits per heavy atom. The molecule has 0 spiro atoms.